The zero-order valence-electron chi connectivity index (χ0n) is 10.2. The van der Waals surface area contributed by atoms with Gasteiger partial charge in [-0.15, -0.1) is 0 Å². The van der Waals surface area contributed by atoms with E-state index < -0.39 is 0 Å². The van der Waals surface area contributed by atoms with Gasteiger partial charge < -0.3 is 10.1 Å². The van der Waals surface area contributed by atoms with E-state index in [1.807, 2.05) is 18.7 Å². The summed E-state index contributed by atoms with van der Waals surface area (Å²) in [6.07, 6.45) is 3.20. The van der Waals surface area contributed by atoms with E-state index in [9.17, 15) is 0 Å². The van der Waals surface area contributed by atoms with Crippen LogP contribution in [0.2, 0.25) is 5.15 Å². The summed E-state index contributed by atoms with van der Waals surface area (Å²) < 4.78 is 5.26. The minimum absolute atomic E-state index is 0.399. The van der Waals surface area contributed by atoms with Crippen molar-refractivity contribution in [1.82, 2.24) is 9.97 Å². The lowest BCUT2D eigenvalue weighted by molar-refractivity contribution is 0.128. The lowest BCUT2D eigenvalue weighted by Crippen LogP contribution is -2.07. The van der Waals surface area contributed by atoms with Gasteiger partial charge in [-0.2, -0.15) is 11.8 Å². The van der Waals surface area contributed by atoms with Crippen molar-refractivity contribution in [3.8, 4) is 0 Å². The molecule has 1 N–H and O–H groups in total. The van der Waals surface area contributed by atoms with Gasteiger partial charge in [0, 0.05) is 19.2 Å². The van der Waals surface area contributed by atoms with Crippen molar-refractivity contribution in [2.45, 2.75) is 20.0 Å². The highest BCUT2D eigenvalue weighted by molar-refractivity contribution is 7.98. The Morgan fingerprint density at radius 1 is 1.47 bits per heavy atom. The Morgan fingerprint density at radius 3 is 3.00 bits per heavy atom. The van der Waals surface area contributed by atoms with Crippen molar-refractivity contribution in [2.75, 3.05) is 30.5 Å². The molecule has 6 heteroatoms. The van der Waals surface area contributed by atoms with Crippen molar-refractivity contribution in [3.05, 3.63) is 17.0 Å². The number of ether oxygens (including phenoxy) is 1. The molecule has 0 spiro atoms. The maximum atomic E-state index is 5.92. The molecule has 0 aliphatic heterocycles. The van der Waals surface area contributed by atoms with Gasteiger partial charge in [0.1, 0.15) is 17.6 Å². The summed E-state index contributed by atoms with van der Waals surface area (Å²) in [4.78, 5) is 8.43. The van der Waals surface area contributed by atoms with Crippen molar-refractivity contribution < 1.29 is 4.74 Å². The van der Waals surface area contributed by atoms with E-state index in [0.717, 1.165) is 24.5 Å². The second kappa shape index (κ2) is 8.55. The van der Waals surface area contributed by atoms with Crippen LogP contribution in [0.3, 0.4) is 0 Å². The minimum atomic E-state index is 0.399. The van der Waals surface area contributed by atoms with Crippen molar-refractivity contribution in [2.24, 2.45) is 0 Å². The Labute approximate surface area is 112 Å². The number of anilines is 1. The Balaban J connectivity index is 2.50. The number of nitrogens with one attached hydrogen (secondary N) is 1. The standard InChI is InChI=1S/C11H18ClN3OS/c1-3-16-8-11-14-9(12)7-10(15-11)13-5-4-6-17-2/h7H,3-6,8H2,1-2H3,(H,13,14,15). The van der Waals surface area contributed by atoms with Crippen LogP contribution >= 0.6 is 23.4 Å². The Kier molecular flexibility index (Phi) is 7.32. The van der Waals surface area contributed by atoms with Crippen LogP contribution in [0, 0.1) is 0 Å². The van der Waals surface area contributed by atoms with Gasteiger partial charge in [-0.1, -0.05) is 11.6 Å². The topological polar surface area (TPSA) is 47.0 Å². The van der Waals surface area contributed by atoms with Crippen LogP contribution in [0.1, 0.15) is 19.2 Å². The number of rotatable bonds is 8. The third-order valence-corrected chi connectivity index (χ3v) is 2.90. The van der Waals surface area contributed by atoms with E-state index in [4.69, 9.17) is 16.3 Å². The summed E-state index contributed by atoms with van der Waals surface area (Å²) in [5.41, 5.74) is 0. The van der Waals surface area contributed by atoms with Gasteiger partial charge in [0.25, 0.3) is 0 Å². The first kappa shape index (κ1) is 14.5. The Hall–Kier alpha value is -0.520. The molecule has 0 saturated heterocycles. The maximum absolute atomic E-state index is 5.92. The molecule has 0 aliphatic rings. The lowest BCUT2D eigenvalue weighted by atomic mass is 10.4. The molecule has 0 saturated carbocycles. The summed E-state index contributed by atoms with van der Waals surface area (Å²) in [5.74, 6) is 2.52. The average molecular weight is 276 g/mol. The third kappa shape index (κ3) is 6.10. The fourth-order valence-corrected chi connectivity index (χ4v) is 1.88. The van der Waals surface area contributed by atoms with Gasteiger partial charge in [-0.3, -0.25) is 0 Å². The molecule has 0 fully saturated rings. The number of hydrogen-bond acceptors (Lipinski definition) is 5. The lowest BCUT2D eigenvalue weighted by Gasteiger charge is -2.07. The van der Waals surface area contributed by atoms with Gasteiger partial charge in [0.2, 0.25) is 0 Å². The second-order valence-electron chi connectivity index (χ2n) is 3.40. The predicted octanol–water partition coefficient (Wildman–Crippen LogP) is 2.83. The van der Waals surface area contributed by atoms with Crippen LogP contribution in [0.4, 0.5) is 5.82 Å². The molecule has 96 valence electrons. The zero-order valence-corrected chi connectivity index (χ0v) is 11.8. The highest BCUT2D eigenvalue weighted by Gasteiger charge is 2.02. The molecule has 0 atom stereocenters. The fourth-order valence-electron chi connectivity index (χ4n) is 1.25. The average Bonchev–Trinajstić information content (AvgIpc) is 2.31. The van der Waals surface area contributed by atoms with Crippen LogP contribution < -0.4 is 5.32 Å². The van der Waals surface area contributed by atoms with Gasteiger partial charge in [0.15, 0.2) is 5.82 Å². The molecule has 0 unspecified atom stereocenters. The van der Waals surface area contributed by atoms with Crippen LogP contribution in [-0.4, -0.2) is 35.1 Å². The molecule has 1 heterocycles. The van der Waals surface area contributed by atoms with Gasteiger partial charge in [-0.05, 0) is 25.4 Å². The maximum Gasteiger partial charge on any atom is 0.158 e. The van der Waals surface area contributed by atoms with E-state index in [1.54, 1.807) is 6.07 Å². The van der Waals surface area contributed by atoms with Gasteiger partial charge in [0.05, 0.1) is 0 Å². The smallest absolute Gasteiger partial charge is 0.158 e. The number of nitrogens with zero attached hydrogens (tertiary/aromatic N) is 2. The van der Waals surface area contributed by atoms with Gasteiger partial charge >= 0.3 is 0 Å². The first-order chi connectivity index (χ1) is 8.26. The third-order valence-electron chi connectivity index (χ3n) is 2.01. The molecular weight excluding hydrogens is 258 g/mol. The first-order valence-electron chi connectivity index (χ1n) is 5.60. The largest absolute Gasteiger partial charge is 0.374 e. The number of thioether (sulfide) groups is 1. The quantitative estimate of drug-likeness (QED) is 0.584. The van der Waals surface area contributed by atoms with E-state index in [-0.39, 0.29) is 0 Å². The summed E-state index contributed by atoms with van der Waals surface area (Å²) in [6.45, 7) is 3.87. The van der Waals surface area contributed by atoms with E-state index in [1.165, 1.54) is 0 Å². The highest BCUT2D eigenvalue weighted by atomic mass is 35.5. The molecular formula is C11H18ClN3OS. The number of aromatic nitrogens is 2. The minimum Gasteiger partial charge on any atom is -0.374 e. The van der Waals surface area contributed by atoms with E-state index in [2.05, 4.69) is 21.5 Å². The molecule has 0 aromatic carbocycles. The summed E-state index contributed by atoms with van der Waals surface area (Å²) in [7, 11) is 0. The molecule has 0 aliphatic carbocycles. The van der Waals surface area contributed by atoms with Crippen LogP contribution in [0.15, 0.2) is 6.07 Å². The molecule has 0 bridgehead atoms. The summed E-state index contributed by atoms with van der Waals surface area (Å²) in [6, 6.07) is 1.73. The molecule has 1 rings (SSSR count). The molecule has 4 nitrogen and oxygen atoms in total. The zero-order chi connectivity index (χ0) is 12.5. The van der Waals surface area contributed by atoms with Crippen LogP contribution in [0.25, 0.3) is 0 Å². The fraction of sp³-hybridized carbons (Fsp3) is 0.636. The van der Waals surface area contributed by atoms with Crippen LogP contribution in [-0.2, 0) is 11.3 Å². The van der Waals surface area contributed by atoms with E-state index >= 15 is 0 Å². The molecule has 1 aromatic heterocycles. The summed E-state index contributed by atoms with van der Waals surface area (Å²) in [5, 5.41) is 3.68. The molecule has 17 heavy (non-hydrogen) atoms. The summed E-state index contributed by atoms with van der Waals surface area (Å²) >= 11 is 7.75. The van der Waals surface area contributed by atoms with Crippen molar-refractivity contribution >= 4 is 29.2 Å². The van der Waals surface area contributed by atoms with Crippen molar-refractivity contribution in [1.29, 1.82) is 0 Å². The first-order valence-corrected chi connectivity index (χ1v) is 7.37. The highest BCUT2D eigenvalue weighted by Crippen LogP contribution is 2.12. The Bertz CT molecular complexity index is 338. The van der Waals surface area contributed by atoms with Gasteiger partial charge in [-0.25, -0.2) is 9.97 Å². The van der Waals surface area contributed by atoms with Crippen LogP contribution in [0.5, 0.6) is 0 Å². The predicted molar refractivity (Wildman–Crippen MR) is 73.9 cm³/mol. The van der Waals surface area contributed by atoms with E-state index in [0.29, 0.717) is 24.2 Å². The second-order valence-corrected chi connectivity index (χ2v) is 4.78. The number of halogens is 1. The molecule has 1 aromatic rings. The normalized spacial score (nSPS) is 10.5. The molecule has 0 radical (unpaired) electrons. The SMILES string of the molecule is CCOCc1nc(Cl)cc(NCCCSC)n1. The Morgan fingerprint density at radius 2 is 2.29 bits per heavy atom. The molecule has 0 amide bonds. The van der Waals surface area contributed by atoms with Crippen molar-refractivity contribution in [3.63, 3.8) is 0 Å². The monoisotopic (exact) mass is 275 g/mol. The number of hydrogen-bond donors (Lipinski definition) is 1.